The molecular weight excluding hydrogens is 386 g/mol. The monoisotopic (exact) mass is 415 g/mol. The molecule has 1 fully saturated rings. The van der Waals surface area contributed by atoms with Crippen LogP contribution in [0.15, 0.2) is 9.42 Å². The third-order valence-corrected chi connectivity index (χ3v) is 6.44. The van der Waals surface area contributed by atoms with E-state index in [0.29, 0.717) is 38.4 Å². The molecule has 0 atom stereocenters. The minimum atomic E-state index is -3.65. The van der Waals surface area contributed by atoms with Crippen LogP contribution >= 0.6 is 0 Å². The highest BCUT2D eigenvalue weighted by Gasteiger charge is 2.33. The van der Waals surface area contributed by atoms with Crippen LogP contribution in [0, 0.1) is 13.8 Å². The number of aryl methyl sites for hydroxylation is 2. The number of carbonyl (C=O) groups excluding carboxylic acids is 2. The van der Waals surface area contributed by atoms with Gasteiger partial charge in [0, 0.05) is 44.7 Å². The summed E-state index contributed by atoms with van der Waals surface area (Å²) < 4.78 is 32.0. The molecule has 0 aromatic carbocycles. The second-order valence-corrected chi connectivity index (χ2v) is 9.78. The number of imide groups is 1. The van der Waals surface area contributed by atoms with E-state index in [0.717, 1.165) is 0 Å². The lowest BCUT2D eigenvalue weighted by Crippen LogP contribution is -2.50. The van der Waals surface area contributed by atoms with Gasteiger partial charge in [-0.1, -0.05) is 5.16 Å². The topological polar surface area (TPSA) is 125 Å². The Morgan fingerprint density at radius 1 is 1.14 bits per heavy atom. The number of nitrogens with zero attached hydrogens (tertiary/aromatic N) is 3. The quantitative estimate of drug-likeness (QED) is 0.722. The number of rotatable bonds is 5. The second-order valence-electron chi connectivity index (χ2n) is 7.90. The van der Waals surface area contributed by atoms with E-state index in [1.54, 1.807) is 13.8 Å². The Morgan fingerprint density at radius 2 is 1.75 bits per heavy atom. The maximum atomic E-state index is 12.8. The summed E-state index contributed by atoms with van der Waals surface area (Å²) in [5.41, 5.74) is -0.0712. The predicted octanol–water partition coefficient (Wildman–Crippen LogP) is 0.612. The van der Waals surface area contributed by atoms with Gasteiger partial charge in [0.25, 0.3) is 0 Å². The fraction of sp³-hybridized carbons (Fsp3) is 0.706. The van der Waals surface area contributed by atoms with Gasteiger partial charge < -0.3 is 14.7 Å². The molecule has 0 saturated carbocycles. The highest BCUT2D eigenvalue weighted by Crippen LogP contribution is 2.24. The molecule has 0 spiro atoms. The molecule has 2 heterocycles. The van der Waals surface area contributed by atoms with E-state index < -0.39 is 21.6 Å². The van der Waals surface area contributed by atoms with Gasteiger partial charge in [-0.2, -0.15) is 4.31 Å². The molecule has 1 aliphatic rings. The summed E-state index contributed by atoms with van der Waals surface area (Å²) in [6.45, 7) is 10.8. The first-order valence-corrected chi connectivity index (χ1v) is 10.6. The Balaban J connectivity index is 1.81. The van der Waals surface area contributed by atoms with Crippen molar-refractivity contribution in [2.75, 3.05) is 32.7 Å². The first-order valence-electron chi connectivity index (χ1n) is 9.17. The van der Waals surface area contributed by atoms with Crippen molar-refractivity contribution in [3.8, 4) is 0 Å². The van der Waals surface area contributed by atoms with Gasteiger partial charge >= 0.3 is 6.03 Å². The molecule has 11 heteroatoms. The Labute approximate surface area is 165 Å². The lowest BCUT2D eigenvalue weighted by Gasteiger charge is -2.33. The zero-order valence-corrected chi connectivity index (χ0v) is 17.9. The predicted molar refractivity (Wildman–Crippen MR) is 102 cm³/mol. The van der Waals surface area contributed by atoms with Crippen LogP contribution in [0.4, 0.5) is 4.79 Å². The molecule has 3 amide bonds. The summed E-state index contributed by atoms with van der Waals surface area (Å²) in [5.74, 6) is -0.0855. The molecule has 0 bridgehead atoms. The summed E-state index contributed by atoms with van der Waals surface area (Å²) >= 11 is 0. The van der Waals surface area contributed by atoms with Gasteiger partial charge in [-0.25, -0.2) is 13.2 Å². The van der Waals surface area contributed by atoms with E-state index in [1.165, 1.54) is 4.31 Å². The van der Waals surface area contributed by atoms with E-state index in [1.807, 2.05) is 25.7 Å². The first kappa shape index (κ1) is 22.3. The maximum absolute atomic E-state index is 12.8. The molecule has 10 nitrogen and oxygen atoms in total. The van der Waals surface area contributed by atoms with E-state index in [9.17, 15) is 18.0 Å². The van der Waals surface area contributed by atoms with Crippen molar-refractivity contribution in [1.82, 2.24) is 25.0 Å². The standard InChI is InChI=1S/C17H29N5O5S/c1-12-15(13(2)27-20-12)28(25,26)22-10-8-21(9-11-22)7-6-14(23)18-16(24)19-17(3,4)5/h6-11H2,1-5H3,(H2,18,19,23,24). The van der Waals surface area contributed by atoms with Crippen molar-refractivity contribution < 1.29 is 22.5 Å². The average Bonchev–Trinajstić information content (AvgIpc) is 2.91. The Hall–Kier alpha value is -1.98. The van der Waals surface area contributed by atoms with Gasteiger partial charge in [-0.15, -0.1) is 0 Å². The third kappa shape index (κ3) is 5.76. The lowest BCUT2D eigenvalue weighted by molar-refractivity contribution is -0.120. The molecule has 1 aliphatic heterocycles. The van der Waals surface area contributed by atoms with Crippen molar-refractivity contribution in [1.29, 1.82) is 0 Å². The highest BCUT2D eigenvalue weighted by atomic mass is 32.2. The molecule has 1 aromatic rings. The van der Waals surface area contributed by atoms with Crippen LogP contribution in [0.25, 0.3) is 0 Å². The van der Waals surface area contributed by atoms with Gasteiger partial charge in [-0.05, 0) is 34.6 Å². The zero-order valence-electron chi connectivity index (χ0n) is 17.0. The Kier molecular flexibility index (Phi) is 6.84. The number of amides is 3. The molecule has 0 radical (unpaired) electrons. The van der Waals surface area contributed by atoms with Crippen molar-refractivity contribution in [3.05, 3.63) is 11.5 Å². The van der Waals surface area contributed by atoms with Gasteiger partial charge in [0.05, 0.1) is 0 Å². The second kappa shape index (κ2) is 8.58. The molecule has 1 saturated heterocycles. The summed E-state index contributed by atoms with van der Waals surface area (Å²) in [4.78, 5) is 25.7. The van der Waals surface area contributed by atoms with Crippen LogP contribution in [0.3, 0.4) is 0 Å². The van der Waals surface area contributed by atoms with E-state index in [4.69, 9.17) is 4.52 Å². The molecule has 28 heavy (non-hydrogen) atoms. The number of hydrogen-bond acceptors (Lipinski definition) is 7. The van der Waals surface area contributed by atoms with E-state index in [-0.39, 0.29) is 23.0 Å². The third-order valence-electron chi connectivity index (χ3n) is 4.29. The van der Waals surface area contributed by atoms with Crippen LogP contribution in [-0.2, 0) is 14.8 Å². The van der Waals surface area contributed by atoms with Crippen LogP contribution in [0.1, 0.15) is 38.6 Å². The Bertz CT molecular complexity index is 800. The number of carbonyl (C=O) groups is 2. The molecule has 0 aliphatic carbocycles. The largest absolute Gasteiger partial charge is 0.360 e. The smallest absolute Gasteiger partial charge is 0.321 e. The summed E-state index contributed by atoms with van der Waals surface area (Å²) in [6, 6.07) is -0.520. The number of urea groups is 1. The normalized spacial score (nSPS) is 16.8. The minimum Gasteiger partial charge on any atom is -0.360 e. The highest BCUT2D eigenvalue weighted by molar-refractivity contribution is 7.89. The van der Waals surface area contributed by atoms with Crippen LogP contribution in [0.5, 0.6) is 0 Å². The Morgan fingerprint density at radius 3 is 2.25 bits per heavy atom. The number of hydrogen-bond donors (Lipinski definition) is 2. The number of piperazine rings is 1. The molecule has 158 valence electrons. The van der Waals surface area contributed by atoms with Crippen LogP contribution < -0.4 is 10.6 Å². The molecule has 2 rings (SSSR count). The van der Waals surface area contributed by atoms with Crippen molar-refractivity contribution in [2.45, 2.75) is 51.5 Å². The molecule has 2 N–H and O–H groups in total. The van der Waals surface area contributed by atoms with Crippen molar-refractivity contribution in [3.63, 3.8) is 0 Å². The van der Waals surface area contributed by atoms with Crippen LogP contribution in [-0.4, -0.2) is 73.0 Å². The average molecular weight is 416 g/mol. The van der Waals surface area contributed by atoms with Crippen molar-refractivity contribution in [2.24, 2.45) is 0 Å². The van der Waals surface area contributed by atoms with Gasteiger partial charge in [0.1, 0.15) is 10.6 Å². The van der Waals surface area contributed by atoms with Crippen LogP contribution in [0.2, 0.25) is 0 Å². The lowest BCUT2D eigenvalue weighted by atomic mass is 10.1. The van der Waals surface area contributed by atoms with Gasteiger partial charge in [-0.3, -0.25) is 10.1 Å². The SMILES string of the molecule is Cc1noc(C)c1S(=O)(=O)N1CCN(CCC(=O)NC(=O)NC(C)(C)C)CC1. The number of sulfonamides is 1. The fourth-order valence-corrected chi connectivity index (χ4v) is 4.70. The summed E-state index contributed by atoms with van der Waals surface area (Å²) in [5, 5.41) is 8.68. The van der Waals surface area contributed by atoms with Gasteiger partial charge in [0.15, 0.2) is 5.76 Å². The van der Waals surface area contributed by atoms with E-state index in [2.05, 4.69) is 15.8 Å². The molecular formula is C17H29N5O5S. The molecule has 1 aromatic heterocycles. The van der Waals surface area contributed by atoms with E-state index >= 15 is 0 Å². The molecule has 0 unspecified atom stereocenters. The summed E-state index contributed by atoms with van der Waals surface area (Å²) in [7, 11) is -3.65. The fourth-order valence-electron chi connectivity index (χ4n) is 2.99. The van der Waals surface area contributed by atoms with Gasteiger partial charge in [0.2, 0.25) is 15.9 Å². The maximum Gasteiger partial charge on any atom is 0.321 e. The summed E-state index contributed by atoms with van der Waals surface area (Å²) in [6.07, 6.45) is 0.161. The minimum absolute atomic E-state index is 0.130. The zero-order chi connectivity index (χ0) is 21.1. The van der Waals surface area contributed by atoms with Crippen molar-refractivity contribution >= 4 is 22.0 Å². The first-order chi connectivity index (χ1) is 12.9. The number of nitrogens with one attached hydrogen (secondary N) is 2. The number of aromatic nitrogens is 1.